The molecule has 12 heavy (non-hydrogen) atoms. The van der Waals surface area contributed by atoms with E-state index in [1.54, 1.807) is 0 Å². The summed E-state index contributed by atoms with van der Waals surface area (Å²) in [5.41, 5.74) is 0. The predicted molar refractivity (Wildman–Crippen MR) is 46.3 cm³/mol. The Morgan fingerprint density at radius 1 is 0.917 bits per heavy atom. The SMILES string of the molecule is O=C(O)CCCCCC(=O)O.[Ca+2].[H-].[H-]. The molecule has 0 saturated carbocycles. The van der Waals surface area contributed by atoms with Gasteiger partial charge in [-0.3, -0.25) is 9.59 Å². The first-order chi connectivity index (χ1) is 5.13. The van der Waals surface area contributed by atoms with E-state index in [2.05, 4.69) is 0 Å². The van der Waals surface area contributed by atoms with Crippen LogP contribution in [0.5, 0.6) is 0 Å². The second kappa shape index (κ2) is 9.29. The van der Waals surface area contributed by atoms with Crippen LogP contribution in [0, 0.1) is 0 Å². The van der Waals surface area contributed by atoms with Crippen LogP contribution >= 0.6 is 0 Å². The molecule has 0 bridgehead atoms. The van der Waals surface area contributed by atoms with E-state index in [9.17, 15) is 9.59 Å². The van der Waals surface area contributed by atoms with Crippen molar-refractivity contribution in [1.29, 1.82) is 0 Å². The van der Waals surface area contributed by atoms with Gasteiger partial charge >= 0.3 is 49.7 Å². The van der Waals surface area contributed by atoms with Crippen molar-refractivity contribution in [1.82, 2.24) is 0 Å². The molecule has 0 saturated heterocycles. The normalized spacial score (nSPS) is 8.67. The minimum absolute atomic E-state index is 0. The van der Waals surface area contributed by atoms with Gasteiger partial charge < -0.3 is 13.1 Å². The number of rotatable bonds is 6. The van der Waals surface area contributed by atoms with Gasteiger partial charge in [-0.15, -0.1) is 0 Å². The Balaban J connectivity index is -0.000000167. The predicted octanol–water partition coefficient (Wildman–Crippen LogP) is 0.950. The molecule has 0 unspecified atom stereocenters. The molecule has 0 aromatic rings. The Kier molecular flexibility index (Phi) is 11.4. The van der Waals surface area contributed by atoms with E-state index >= 15 is 0 Å². The second-order valence-electron chi connectivity index (χ2n) is 2.35. The summed E-state index contributed by atoms with van der Waals surface area (Å²) in [6, 6.07) is 0. The van der Waals surface area contributed by atoms with Gasteiger partial charge in [0.1, 0.15) is 0 Å². The van der Waals surface area contributed by atoms with Crippen molar-refractivity contribution >= 4 is 49.7 Å². The summed E-state index contributed by atoms with van der Waals surface area (Å²) in [5, 5.41) is 16.4. The molecular formula is C7H14CaO4. The Morgan fingerprint density at radius 3 is 1.50 bits per heavy atom. The fourth-order valence-corrected chi connectivity index (χ4v) is 0.729. The molecular weight excluding hydrogens is 188 g/mol. The molecule has 5 heteroatoms. The monoisotopic (exact) mass is 202 g/mol. The van der Waals surface area contributed by atoms with Gasteiger partial charge in [-0.25, -0.2) is 0 Å². The smallest absolute Gasteiger partial charge is 1.00 e. The fraction of sp³-hybridized carbons (Fsp3) is 0.714. The molecule has 0 heterocycles. The van der Waals surface area contributed by atoms with Crippen LogP contribution in [-0.2, 0) is 9.59 Å². The minimum Gasteiger partial charge on any atom is -1.00 e. The number of carboxylic acids is 2. The molecule has 0 spiro atoms. The van der Waals surface area contributed by atoms with E-state index in [4.69, 9.17) is 10.2 Å². The van der Waals surface area contributed by atoms with Crippen molar-refractivity contribution in [3.8, 4) is 0 Å². The van der Waals surface area contributed by atoms with Crippen molar-refractivity contribution in [3.63, 3.8) is 0 Å². The maximum atomic E-state index is 9.98. The first kappa shape index (κ1) is 14.7. The van der Waals surface area contributed by atoms with E-state index < -0.39 is 11.9 Å². The summed E-state index contributed by atoms with van der Waals surface area (Å²) in [7, 11) is 0. The Bertz CT molecular complexity index is 139. The Labute approximate surface area is 104 Å². The first-order valence-electron chi connectivity index (χ1n) is 3.56. The number of carbonyl (C=O) groups is 2. The molecule has 0 rings (SSSR count). The third kappa shape index (κ3) is 12.8. The summed E-state index contributed by atoms with van der Waals surface area (Å²) in [6.07, 6.45) is 2.10. The van der Waals surface area contributed by atoms with E-state index in [1.807, 2.05) is 0 Å². The summed E-state index contributed by atoms with van der Waals surface area (Å²) in [4.78, 5) is 20.0. The van der Waals surface area contributed by atoms with Crippen molar-refractivity contribution in [2.75, 3.05) is 0 Å². The van der Waals surface area contributed by atoms with E-state index in [-0.39, 0.29) is 53.4 Å². The van der Waals surface area contributed by atoms with Gasteiger partial charge in [0.05, 0.1) is 0 Å². The molecule has 0 amide bonds. The minimum atomic E-state index is -0.819. The summed E-state index contributed by atoms with van der Waals surface area (Å²) >= 11 is 0. The van der Waals surface area contributed by atoms with Crippen LogP contribution in [0.2, 0.25) is 0 Å². The summed E-state index contributed by atoms with van der Waals surface area (Å²) in [5.74, 6) is -1.64. The Hall–Kier alpha value is 0.200. The maximum Gasteiger partial charge on any atom is 2.00 e. The number of carboxylic acid groups (broad SMARTS) is 2. The van der Waals surface area contributed by atoms with E-state index in [0.717, 1.165) is 0 Å². The largest absolute Gasteiger partial charge is 2.00 e. The molecule has 0 aromatic heterocycles. The number of unbranched alkanes of at least 4 members (excludes halogenated alkanes) is 2. The van der Waals surface area contributed by atoms with Crippen molar-refractivity contribution in [2.24, 2.45) is 0 Å². The van der Waals surface area contributed by atoms with Crippen molar-refractivity contribution in [2.45, 2.75) is 32.1 Å². The summed E-state index contributed by atoms with van der Waals surface area (Å²) in [6.45, 7) is 0. The van der Waals surface area contributed by atoms with Crippen LogP contribution in [0.3, 0.4) is 0 Å². The van der Waals surface area contributed by atoms with Gasteiger partial charge in [0, 0.05) is 12.8 Å². The molecule has 0 aliphatic carbocycles. The van der Waals surface area contributed by atoms with Gasteiger partial charge in [-0.2, -0.15) is 0 Å². The molecule has 2 N–H and O–H groups in total. The van der Waals surface area contributed by atoms with Gasteiger partial charge in [0.25, 0.3) is 0 Å². The third-order valence-corrected chi connectivity index (χ3v) is 1.28. The van der Waals surface area contributed by atoms with Gasteiger partial charge in [-0.05, 0) is 12.8 Å². The topological polar surface area (TPSA) is 74.6 Å². The molecule has 0 aromatic carbocycles. The second-order valence-corrected chi connectivity index (χ2v) is 2.35. The van der Waals surface area contributed by atoms with E-state index in [1.165, 1.54) is 0 Å². The average molecular weight is 202 g/mol. The van der Waals surface area contributed by atoms with Gasteiger partial charge in [0.15, 0.2) is 0 Å². The zero-order valence-electron chi connectivity index (χ0n) is 8.95. The summed E-state index contributed by atoms with van der Waals surface area (Å²) < 4.78 is 0. The molecule has 4 nitrogen and oxygen atoms in total. The van der Waals surface area contributed by atoms with Crippen LogP contribution in [0.15, 0.2) is 0 Å². The van der Waals surface area contributed by atoms with Gasteiger partial charge in [-0.1, -0.05) is 6.42 Å². The van der Waals surface area contributed by atoms with E-state index in [0.29, 0.717) is 19.3 Å². The molecule has 0 fully saturated rings. The Morgan fingerprint density at radius 2 is 1.25 bits per heavy atom. The van der Waals surface area contributed by atoms with Crippen LogP contribution in [0.4, 0.5) is 0 Å². The van der Waals surface area contributed by atoms with Crippen LogP contribution in [0.25, 0.3) is 0 Å². The van der Waals surface area contributed by atoms with Crippen molar-refractivity contribution in [3.05, 3.63) is 0 Å². The van der Waals surface area contributed by atoms with Crippen LogP contribution in [0.1, 0.15) is 35.0 Å². The number of aliphatic carboxylic acids is 2. The van der Waals surface area contributed by atoms with Crippen LogP contribution < -0.4 is 0 Å². The number of hydrogen-bond donors (Lipinski definition) is 2. The van der Waals surface area contributed by atoms with Crippen LogP contribution in [-0.4, -0.2) is 59.9 Å². The average Bonchev–Trinajstić information content (AvgIpc) is 1.85. The molecule has 0 atom stereocenters. The third-order valence-electron chi connectivity index (χ3n) is 1.28. The fourth-order valence-electron chi connectivity index (χ4n) is 0.729. The first-order valence-corrected chi connectivity index (χ1v) is 3.56. The zero-order chi connectivity index (χ0) is 8.69. The molecule has 0 aliphatic rings. The molecule has 68 valence electrons. The van der Waals surface area contributed by atoms with Gasteiger partial charge in [0.2, 0.25) is 0 Å². The van der Waals surface area contributed by atoms with Crippen molar-refractivity contribution < 1.29 is 22.7 Å². The standard InChI is InChI=1S/C7H12O4.Ca.2H/c8-6(9)4-2-1-3-5-7(10)11;;;/h1-5H2,(H,8,9)(H,10,11);;;/q;+2;2*-1. The molecule has 0 radical (unpaired) electrons. The maximum absolute atomic E-state index is 9.98. The quantitative estimate of drug-likeness (QED) is 0.496. The zero-order valence-corrected chi connectivity index (χ0v) is 9.16. The molecule has 0 aliphatic heterocycles. The number of hydrogen-bond acceptors (Lipinski definition) is 2.